The van der Waals surface area contributed by atoms with E-state index in [0.717, 1.165) is 16.9 Å². The van der Waals surface area contributed by atoms with Crippen LogP contribution in [0.4, 0.5) is 8.78 Å². The van der Waals surface area contributed by atoms with Gasteiger partial charge in [-0.3, -0.25) is 0 Å². The van der Waals surface area contributed by atoms with Gasteiger partial charge in [-0.05, 0) is 93.7 Å². The number of nitrogens with zero attached hydrogens (tertiary/aromatic N) is 2. The molecule has 0 saturated carbocycles. The highest BCUT2D eigenvalue weighted by molar-refractivity contribution is 7.97. The molecule has 3 fully saturated rings. The Balaban J connectivity index is 1.35. The van der Waals surface area contributed by atoms with E-state index < -0.39 is 6.61 Å². The van der Waals surface area contributed by atoms with Gasteiger partial charge in [0.25, 0.3) is 0 Å². The van der Waals surface area contributed by atoms with E-state index in [4.69, 9.17) is 0 Å². The molecule has 3 heterocycles. The normalized spacial score (nSPS) is 30.8. The molecule has 4 rings (SSSR count). The van der Waals surface area contributed by atoms with Crippen LogP contribution in [-0.2, 0) is 0 Å². The van der Waals surface area contributed by atoms with Gasteiger partial charge in [-0.25, -0.2) is 4.31 Å². The first-order chi connectivity index (χ1) is 12.6. The lowest BCUT2D eigenvalue weighted by Gasteiger charge is -2.44. The minimum atomic E-state index is -2.76. The van der Waals surface area contributed by atoms with Crippen molar-refractivity contribution in [2.24, 2.45) is 5.92 Å². The molecule has 3 aliphatic heterocycles. The first-order valence-electron chi connectivity index (χ1n) is 9.83. The number of alkyl halides is 2. The fraction of sp³-hybridized carbons (Fsp3) is 0.700. The van der Waals surface area contributed by atoms with Crippen LogP contribution in [0, 0.1) is 5.92 Å². The molecular weight excluding hydrogens is 354 g/mol. The summed E-state index contributed by atoms with van der Waals surface area (Å²) in [6.07, 6.45) is 7.79. The minimum absolute atomic E-state index is 0.227. The van der Waals surface area contributed by atoms with E-state index in [1.54, 1.807) is 24.1 Å². The van der Waals surface area contributed by atoms with Crippen LogP contribution in [-0.4, -0.2) is 47.0 Å². The molecule has 2 unspecified atom stereocenters. The topological polar surface area (TPSA) is 15.7 Å². The number of benzene rings is 1. The van der Waals surface area contributed by atoms with E-state index in [0.29, 0.717) is 12.1 Å². The summed E-state index contributed by atoms with van der Waals surface area (Å²) in [6.45, 7) is 2.15. The van der Waals surface area contributed by atoms with Crippen LogP contribution in [0.2, 0.25) is 0 Å². The number of likely N-dealkylation sites (tertiary alicyclic amines) is 1. The van der Waals surface area contributed by atoms with Crippen LogP contribution in [0.5, 0.6) is 5.75 Å². The highest BCUT2D eigenvalue weighted by Crippen LogP contribution is 2.44. The third kappa shape index (κ3) is 4.18. The Labute approximate surface area is 159 Å². The third-order valence-electron chi connectivity index (χ3n) is 6.24. The second kappa shape index (κ2) is 8.03. The van der Waals surface area contributed by atoms with E-state index in [1.807, 2.05) is 12.1 Å². The maximum Gasteiger partial charge on any atom is 0.387 e. The maximum absolute atomic E-state index is 12.3. The number of hydrogen-bond acceptors (Lipinski definition) is 4. The van der Waals surface area contributed by atoms with E-state index in [-0.39, 0.29) is 5.75 Å². The first-order valence-corrected chi connectivity index (χ1v) is 10.6. The minimum Gasteiger partial charge on any atom is -0.435 e. The standard InChI is InChI=1S/C20H28F2N2OS/c1-14-8-10-23(11-9-14)17-12-15-2-3-16(13-17)24(15)26-19-6-4-18(5-7-19)25-20(21)22/h4-7,14-17,20H,2-3,8-13H2,1H3/t15-,16?,17?/m1/s1. The van der Waals surface area contributed by atoms with Crippen molar-refractivity contribution in [3.05, 3.63) is 24.3 Å². The van der Waals surface area contributed by atoms with Crippen LogP contribution in [0.25, 0.3) is 0 Å². The maximum atomic E-state index is 12.3. The fourth-order valence-electron chi connectivity index (χ4n) is 4.75. The SMILES string of the molecule is CC1CCN(C2CC3CC[C@H](C2)N3Sc2ccc(OC(F)F)cc2)CC1. The predicted octanol–water partition coefficient (Wildman–Crippen LogP) is 5.02. The summed E-state index contributed by atoms with van der Waals surface area (Å²) in [5.41, 5.74) is 0. The molecule has 0 N–H and O–H groups in total. The summed E-state index contributed by atoms with van der Waals surface area (Å²) in [4.78, 5) is 3.85. The molecule has 0 radical (unpaired) electrons. The highest BCUT2D eigenvalue weighted by Gasteiger charge is 2.43. The van der Waals surface area contributed by atoms with Gasteiger partial charge in [-0.2, -0.15) is 8.78 Å². The number of ether oxygens (including phenoxy) is 1. The van der Waals surface area contributed by atoms with Gasteiger partial charge in [0.2, 0.25) is 0 Å². The van der Waals surface area contributed by atoms with Crippen LogP contribution >= 0.6 is 11.9 Å². The van der Waals surface area contributed by atoms with Gasteiger partial charge in [0, 0.05) is 23.0 Å². The number of hydrogen-bond donors (Lipinski definition) is 0. The Morgan fingerprint density at radius 2 is 1.58 bits per heavy atom. The summed E-state index contributed by atoms with van der Waals surface area (Å²) in [7, 11) is 0. The molecule has 6 heteroatoms. The Kier molecular flexibility index (Phi) is 5.72. The molecule has 3 atom stereocenters. The molecule has 0 aliphatic carbocycles. The predicted molar refractivity (Wildman–Crippen MR) is 101 cm³/mol. The highest BCUT2D eigenvalue weighted by atomic mass is 32.2. The molecule has 144 valence electrons. The van der Waals surface area contributed by atoms with Crippen molar-refractivity contribution in [1.82, 2.24) is 9.21 Å². The monoisotopic (exact) mass is 382 g/mol. The zero-order valence-corrected chi connectivity index (χ0v) is 16.1. The summed E-state index contributed by atoms with van der Waals surface area (Å²) >= 11 is 1.79. The second-order valence-electron chi connectivity index (χ2n) is 8.03. The Hall–Kier alpha value is -0.850. The van der Waals surface area contributed by atoms with E-state index in [9.17, 15) is 8.78 Å². The van der Waals surface area contributed by atoms with Crippen molar-refractivity contribution in [3.63, 3.8) is 0 Å². The van der Waals surface area contributed by atoms with Gasteiger partial charge in [0.05, 0.1) is 0 Å². The van der Waals surface area contributed by atoms with Gasteiger partial charge < -0.3 is 9.64 Å². The summed E-state index contributed by atoms with van der Waals surface area (Å²) < 4.78 is 31.6. The lowest BCUT2D eigenvalue weighted by molar-refractivity contribution is -0.0498. The Morgan fingerprint density at radius 1 is 0.962 bits per heavy atom. The molecule has 0 aromatic heterocycles. The number of fused-ring (bicyclic) bond motifs is 2. The fourth-order valence-corrected chi connectivity index (χ4v) is 5.93. The average molecular weight is 383 g/mol. The average Bonchev–Trinajstić information content (AvgIpc) is 2.85. The number of piperidine rings is 2. The van der Waals surface area contributed by atoms with Gasteiger partial charge in [0.1, 0.15) is 5.75 Å². The van der Waals surface area contributed by atoms with Crippen LogP contribution in [0.1, 0.15) is 45.4 Å². The molecule has 1 aromatic carbocycles. The Morgan fingerprint density at radius 3 is 2.15 bits per heavy atom. The quantitative estimate of drug-likeness (QED) is 0.664. The van der Waals surface area contributed by atoms with E-state index in [1.165, 1.54) is 51.6 Å². The molecule has 0 spiro atoms. The van der Waals surface area contributed by atoms with Crippen molar-refractivity contribution in [2.45, 2.75) is 75.1 Å². The largest absolute Gasteiger partial charge is 0.435 e. The van der Waals surface area contributed by atoms with Crippen molar-refractivity contribution in [3.8, 4) is 5.75 Å². The van der Waals surface area contributed by atoms with Crippen LogP contribution < -0.4 is 4.74 Å². The molecule has 26 heavy (non-hydrogen) atoms. The first kappa shape index (κ1) is 18.5. The van der Waals surface area contributed by atoms with Crippen molar-refractivity contribution in [1.29, 1.82) is 0 Å². The third-order valence-corrected chi connectivity index (χ3v) is 7.53. The molecule has 3 aliphatic rings. The smallest absolute Gasteiger partial charge is 0.387 e. The van der Waals surface area contributed by atoms with E-state index in [2.05, 4.69) is 20.9 Å². The van der Waals surface area contributed by atoms with Gasteiger partial charge >= 0.3 is 6.61 Å². The molecule has 1 aromatic rings. The molecule has 2 bridgehead atoms. The molecular formula is C20H28F2N2OS. The molecule has 3 saturated heterocycles. The zero-order valence-electron chi connectivity index (χ0n) is 15.3. The van der Waals surface area contributed by atoms with Gasteiger partial charge in [-0.15, -0.1) is 0 Å². The zero-order chi connectivity index (χ0) is 18.1. The lowest BCUT2D eigenvalue weighted by atomic mass is 9.93. The van der Waals surface area contributed by atoms with Crippen molar-refractivity contribution >= 4 is 11.9 Å². The van der Waals surface area contributed by atoms with E-state index >= 15 is 0 Å². The second-order valence-corrected chi connectivity index (χ2v) is 9.11. The van der Waals surface area contributed by atoms with Crippen molar-refractivity contribution in [2.75, 3.05) is 13.1 Å². The molecule has 3 nitrogen and oxygen atoms in total. The lowest BCUT2D eigenvalue weighted by Crippen LogP contribution is -2.50. The van der Waals surface area contributed by atoms with Crippen LogP contribution in [0.15, 0.2) is 29.2 Å². The molecule has 0 amide bonds. The summed E-state index contributed by atoms with van der Waals surface area (Å²) in [5.74, 6) is 1.11. The van der Waals surface area contributed by atoms with Crippen LogP contribution in [0.3, 0.4) is 0 Å². The van der Waals surface area contributed by atoms with Crippen molar-refractivity contribution < 1.29 is 13.5 Å². The number of halogens is 2. The Bertz CT molecular complexity index is 578. The summed E-state index contributed by atoms with van der Waals surface area (Å²) in [5, 5.41) is 0. The van der Waals surface area contributed by atoms with Gasteiger partial charge in [-0.1, -0.05) is 6.92 Å². The number of rotatable bonds is 5. The summed E-state index contributed by atoms with van der Waals surface area (Å²) in [6, 6.07) is 9.08. The van der Waals surface area contributed by atoms with Gasteiger partial charge in [0.15, 0.2) is 0 Å².